The van der Waals surface area contributed by atoms with Gasteiger partial charge in [-0.1, -0.05) is 23.8 Å². The van der Waals surface area contributed by atoms with E-state index in [1.54, 1.807) is 12.1 Å². The molecular formula is C22H33N5O3. The molecule has 2 aliphatic rings. The fourth-order valence-electron chi connectivity index (χ4n) is 3.70. The van der Waals surface area contributed by atoms with Crippen LogP contribution >= 0.6 is 0 Å². The summed E-state index contributed by atoms with van der Waals surface area (Å²) in [5, 5.41) is 17.7. The minimum atomic E-state index is -0.382. The standard InChI is InChI=1S/C22H33N5O3/c28-27(29)21-8-6-20(7-9-21)18-25-22(23-11-10-19-4-2-1-3-5-19)24-12-13-26-14-16-30-17-15-26/h4,6-9H,1-3,5,10-18H2,(H2,23,24,25). The first-order valence-electron chi connectivity index (χ1n) is 10.9. The Morgan fingerprint density at radius 2 is 1.90 bits per heavy atom. The largest absolute Gasteiger partial charge is 0.379 e. The number of rotatable bonds is 9. The van der Waals surface area contributed by atoms with E-state index >= 15 is 0 Å². The van der Waals surface area contributed by atoms with Crippen molar-refractivity contribution in [2.24, 2.45) is 4.99 Å². The van der Waals surface area contributed by atoms with Gasteiger partial charge in [-0.15, -0.1) is 0 Å². The summed E-state index contributed by atoms with van der Waals surface area (Å²) >= 11 is 0. The third-order valence-corrected chi connectivity index (χ3v) is 5.51. The van der Waals surface area contributed by atoms with Crippen molar-refractivity contribution in [2.45, 2.75) is 38.6 Å². The van der Waals surface area contributed by atoms with Crippen molar-refractivity contribution < 1.29 is 9.66 Å². The Bertz CT molecular complexity index is 727. The van der Waals surface area contributed by atoms with Gasteiger partial charge in [0, 0.05) is 44.9 Å². The number of nitro benzene ring substituents is 1. The Kier molecular flexibility index (Phi) is 9.11. The van der Waals surface area contributed by atoms with Crippen molar-refractivity contribution in [2.75, 3.05) is 45.9 Å². The third-order valence-electron chi connectivity index (χ3n) is 5.51. The number of ether oxygens (including phenoxy) is 1. The van der Waals surface area contributed by atoms with Gasteiger partial charge < -0.3 is 15.4 Å². The molecule has 3 rings (SSSR count). The number of non-ortho nitro benzene ring substituents is 1. The third kappa shape index (κ3) is 7.76. The van der Waals surface area contributed by atoms with E-state index < -0.39 is 0 Å². The number of hydrogen-bond donors (Lipinski definition) is 2. The summed E-state index contributed by atoms with van der Waals surface area (Å²) in [5.74, 6) is 0.790. The molecule has 1 aliphatic carbocycles. The van der Waals surface area contributed by atoms with E-state index in [-0.39, 0.29) is 10.6 Å². The molecular weight excluding hydrogens is 382 g/mol. The number of hydrogen-bond acceptors (Lipinski definition) is 5. The van der Waals surface area contributed by atoms with E-state index in [2.05, 4.69) is 21.6 Å². The smallest absolute Gasteiger partial charge is 0.269 e. The Balaban J connectivity index is 1.51. The van der Waals surface area contributed by atoms with Crippen LogP contribution in [-0.2, 0) is 11.3 Å². The molecule has 0 radical (unpaired) electrons. The first-order valence-corrected chi connectivity index (χ1v) is 10.9. The molecule has 0 saturated carbocycles. The van der Waals surface area contributed by atoms with Gasteiger partial charge in [0.2, 0.25) is 0 Å². The molecule has 1 aliphatic heterocycles. The Morgan fingerprint density at radius 3 is 2.60 bits per heavy atom. The molecule has 0 atom stereocenters. The summed E-state index contributed by atoms with van der Waals surface area (Å²) < 4.78 is 5.40. The molecule has 0 spiro atoms. The van der Waals surface area contributed by atoms with Gasteiger partial charge in [-0.05, 0) is 37.7 Å². The second kappa shape index (κ2) is 12.3. The molecule has 0 unspecified atom stereocenters. The van der Waals surface area contributed by atoms with Crippen molar-refractivity contribution in [3.8, 4) is 0 Å². The van der Waals surface area contributed by atoms with Crippen LogP contribution in [0.2, 0.25) is 0 Å². The number of aliphatic imine (C=N–C) groups is 1. The molecule has 164 valence electrons. The van der Waals surface area contributed by atoms with Gasteiger partial charge in [-0.3, -0.25) is 15.0 Å². The van der Waals surface area contributed by atoms with Crippen LogP contribution in [0.1, 0.15) is 37.7 Å². The molecule has 8 nitrogen and oxygen atoms in total. The van der Waals surface area contributed by atoms with Gasteiger partial charge in [0.15, 0.2) is 5.96 Å². The zero-order valence-corrected chi connectivity index (χ0v) is 17.6. The number of nitrogens with one attached hydrogen (secondary N) is 2. The molecule has 1 aromatic carbocycles. The molecule has 0 bridgehead atoms. The second-order valence-corrected chi connectivity index (χ2v) is 7.75. The second-order valence-electron chi connectivity index (χ2n) is 7.75. The maximum Gasteiger partial charge on any atom is 0.269 e. The first-order chi connectivity index (χ1) is 14.7. The molecule has 0 amide bonds. The monoisotopic (exact) mass is 415 g/mol. The molecule has 2 N–H and O–H groups in total. The normalized spacial score (nSPS) is 18.0. The molecule has 1 aromatic rings. The van der Waals surface area contributed by atoms with Crippen LogP contribution in [0, 0.1) is 10.1 Å². The summed E-state index contributed by atoms with van der Waals surface area (Å²) in [6.45, 7) is 6.64. The number of morpholine rings is 1. The van der Waals surface area contributed by atoms with Gasteiger partial charge in [-0.25, -0.2) is 4.99 Å². The number of nitrogens with zero attached hydrogens (tertiary/aromatic N) is 3. The maximum absolute atomic E-state index is 10.8. The Labute approximate surface area is 178 Å². The highest BCUT2D eigenvalue weighted by Crippen LogP contribution is 2.19. The van der Waals surface area contributed by atoms with Gasteiger partial charge in [0.25, 0.3) is 5.69 Å². The molecule has 30 heavy (non-hydrogen) atoms. The van der Waals surface area contributed by atoms with E-state index in [9.17, 15) is 10.1 Å². The van der Waals surface area contributed by atoms with E-state index in [1.165, 1.54) is 43.4 Å². The van der Waals surface area contributed by atoms with Gasteiger partial charge >= 0.3 is 0 Å². The van der Waals surface area contributed by atoms with Gasteiger partial charge in [-0.2, -0.15) is 0 Å². The minimum Gasteiger partial charge on any atom is -0.379 e. The van der Waals surface area contributed by atoms with Crippen LogP contribution in [0.25, 0.3) is 0 Å². The fraction of sp³-hybridized carbons (Fsp3) is 0.591. The molecule has 1 heterocycles. The zero-order chi connectivity index (χ0) is 21.0. The van der Waals surface area contributed by atoms with E-state index in [4.69, 9.17) is 9.73 Å². The zero-order valence-electron chi connectivity index (χ0n) is 17.6. The van der Waals surface area contributed by atoms with Crippen molar-refractivity contribution in [3.05, 3.63) is 51.6 Å². The summed E-state index contributed by atoms with van der Waals surface area (Å²) in [4.78, 5) is 17.5. The van der Waals surface area contributed by atoms with Crippen LogP contribution in [0.15, 0.2) is 40.9 Å². The topological polar surface area (TPSA) is 92.0 Å². The number of nitro groups is 1. The highest BCUT2D eigenvalue weighted by atomic mass is 16.6. The average Bonchev–Trinajstić information content (AvgIpc) is 2.79. The molecule has 1 saturated heterocycles. The van der Waals surface area contributed by atoms with E-state index in [0.717, 1.165) is 63.9 Å². The molecule has 8 heteroatoms. The van der Waals surface area contributed by atoms with Gasteiger partial charge in [0.1, 0.15) is 0 Å². The lowest BCUT2D eigenvalue weighted by atomic mass is 9.97. The average molecular weight is 416 g/mol. The summed E-state index contributed by atoms with van der Waals surface area (Å²) in [7, 11) is 0. The van der Waals surface area contributed by atoms with Crippen molar-refractivity contribution in [1.82, 2.24) is 15.5 Å². The van der Waals surface area contributed by atoms with Crippen molar-refractivity contribution in [3.63, 3.8) is 0 Å². The summed E-state index contributed by atoms with van der Waals surface area (Å²) in [6.07, 6.45) is 8.44. The summed E-state index contributed by atoms with van der Waals surface area (Å²) in [5.41, 5.74) is 2.59. The van der Waals surface area contributed by atoms with Crippen LogP contribution < -0.4 is 10.6 Å². The Hall–Kier alpha value is -2.45. The number of allylic oxidation sites excluding steroid dienone is 1. The predicted molar refractivity (Wildman–Crippen MR) is 119 cm³/mol. The Morgan fingerprint density at radius 1 is 1.13 bits per heavy atom. The lowest BCUT2D eigenvalue weighted by molar-refractivity contribution is -0.384. The summed E-state index contributed by atoms with van der Waals surface area (Å²) in [6, 6.07) is 6.58. The molecule has 1 fully saturated rings. The SMILES string of the molecule is O=[N+]([O-])c1ccc(CN=C(NCCC2=CCCCC2)NCCN2CCOCC2)cc1. The lowest BCUT2D eigenvalue weighted by Gasteiger charge is -2.26. The van der Waals surface area contributed by atoms with E-state index in [1.807, 2.05) is 0 Å². The minimum absolute atomic E-state index is 0.102. The van der Waals surface area contributed by atoms with Crippen LogP contribution in [0.3, 0.4) is 0 Å². The predicted octanol–water partition coefficient (Wildman–Crippen LogP) is 2.85. The fourth-order valence-corrected chi connectivity index (χ4v) is 3.70. The lowest BCUT2D eigenvalue weighted by Crippen LogP contribution is -2.44. The quantitative estimate of drug-likeness (QED) is 0.212. The molecule has 0 aromatic heterocycles. The van der Waals surface area contributed by atoms with Gasteiger partial charge in [0.05, 0.1) is 24.7 Å². The van der Waals surface area contributed by atoms with Crippen molar-refractivity contribution >= 4 is 11.6 Å². The first kappa shape index (κ1) is 22.2. The van der Waals surface area contributed by atoms with Crippen LogP contribution in [-0.4, -0.2) is 61.7 Å². The van der Waals surface area contributed by atoms with Crippen molar-refractivity contribution in [1.29, 1.82) is 0 Å². The number of guanidine groups is 1. The highest BCUT2D eigenvalue weighted by molar-refractivity contribution is 5.79. The van der Waals surface area contributed by atoms with E-state index in [0.29, 0.717) is 6.54 Å². The number of benzene rings is 1. The highest BCUT2D eigenvalue weighted by Gasteiger charge is 2.10. The maximum atomic E-state index is 10.8. The van der Waals surface area contributed by atoms with Crippen LogP contribution in [0.4, 0.5) is 5.69 Å². The van der Waals surface area contributed by atoms with Crippen LogP contribution in [0.5, 0.6) is 0 Å².